The molecular formula is C13H20N2O2. The number of aryl methyl sites for hydroxylation is 1. The van der Waals surface area contributed by atoms with Crippen molar-refractivity contribution >= 4 is 11.7 Å². The molecule has 0 radical (unpaired) electrons. The molecule has 0 saturated carbocycles. The van der Waals surface area contributed by atoms with Gasteiger partial charge in [0.05, 0.1) is 7.11 Å². The zero-order chi connectivity index (χ0) is 13.2. The van der Waals surface area contributed by atoms with Gasteiger partial charge in [-0.25, -0.2) is 4.79 Å². The second kappa shape index (κ2) is 5.08. The monoisotopic (exact) mass is 236 g/mol. The number of nitrogens with zero attached hydrogens (tertiary/aromatic N) is 1. The summed E-state index contributed by atoms with van der Waals surface area (Å²) in [6, 6.07) is 3.43. The summed E-state index contributed by atoms with van der Waals surface area (Å²) in [5, 5.41) is 0. The number of nitrogens with two attached hydrogens (primary N) is 1. The molecule has 1 aromatic carbocycles. The molecule has 0 aliphatic carbocycles. The number of carbonyl (C=O) groups is 1. The van der Waals surface area contributed by atoms with E-state index >= 15 is 0 Å². The highest BCUT2D eigenvalue weighted by atomic mass is 16.5. The summed E-state index contributed by atoms with van der Waals surface area (Å²) < 4.78 is 5.35. The minimum atomic E-state index is -0.465. The Balaban J connectivity index is 3.34. The highest BCUT2D eigenvalue weighted by molar-refractivity contribution is 5.91. The van der Waals surface area contributed by atoms with E-state index in [1.54, 1.807) is 14.2 Å². The number of methoxy groups -OCH3 is 1. The van der Waals surface area contributed by atoms with Crippen molar-refractivity contribution in [1.29, 1.82) is 0 Å². The van der Waals surface area contributed by atoms with E-state index in [0.717, 1.165) is 22.6 Å². The van der Waals surface area contributed by atoms with Crippen LogP contribution >= 0.6 is 0 Å². The van der Waals surface area contributed by atoms with E-state index < -0.39 is 6.03 Å². The van der Waals surface area contributed by atoms with Crippen LogP contribution in [-0.4, -0.2) is 20.2 Å². The van der Waals surface area contributed by atoms with Gasteiger partial charge in [0.15, 0.2) is 0 Å². The number of hydrogen-bond donors (Lipinski definition) is 1. The summed E-state index contributed by atoms with van der Waals surface area (Å²) in [5.74, 6) is 1.17. The number of benzene rings is 1. The van der Waals surface area contributed by atoms with Crippen LogP contribution in [0.25, 0.3) is 0 Å². The summed E-state index contributed by atoms with van der Waals surface area (Å²) in [6.07, 6.45) is 0. The average Bonchev–Trinajstić information content (AvgIpc) is 2.27. The summed E-state index contributed by atoms with van der Waals surface area (Å²) in [4.78, 5) is 12.6. The molecule has 17 heavy (non-hydrogen) atoms. The zero-order valence-corrected chi connectivity index (χ0v) is 11.1. The third-order valence-electron chi connectivity index (χ3n) is 2.86. The maximum Gasteiger partial charge on any atom is 0.319 e. The molecule has 2 N–H and O–H groups in total. The number of ether oxygens (including phenoxy) is 1. The Morgan fingerprint density at radius 1 is 1.41 bits per heavy atom. The number of anilines is 1. The minimum absolute atomic E-state index is 0.325. The van der Waals surface area contributed by atoms with E-state index in [9.17, 15) is 4.79 Å². The van der Waals surface area contributed by atoms with Crippen LogP contribution in [0.3, 0.4) is 0 Å². The van der Waals surface area contributed by atoms with Crippen molar-refractivity contribution in [3.63, 3.8) is 0 Å². The number of urea groups is 1. The first kappa shape index (κ1) is 13.4. The molecule has 1 rings (SSSR count). The molecule has 1 aromatic rings. The Hall–Kier alpha value is -1.71. The Morgan fingerprint density at radius 2 is 2.00 bits per heavy atom. The van der Waals surface area contributed by atoms with Crippen LogP contribution in [0.5, 0.6) is 5.75 Å². The fourth-order valence-electron chi connectivity index (χ4n) is 1.79. The highest BCUT2D eigenvalue weighted by Crippen LogP contribution is 2.33. The Labute approximate surface area is 102 Å². The van der Waals surface area contributed by atoms with Crippen LogP contribution in [0, 0.1) is 6.92 Å². The van der Waals surface area contributed by atoms with Gasteiger partial charge in [-0.1, -0.05) is 13.8 Å². The van der Waals surface area contributed by atoms with Crippen molar-refractivity contribution in [1.82, 2.24) is 0 Å². The Morgan fingerprint density at radius 3 is 2.41 bits per heavy atom. The molecule has 0 aliphatic heterocycles. The number of rotatable bonds is 3. The van der Waals surface area contributed by atoms with Crippen molar-refractivity contribution in [3.05, 3.63) is 23.3 Å². The van der Waals surface area contributed by atoms with E-state index in [2.05, 4.69) is 13.8 Å². The first-order valence-corrected chi connectivity index (χ1v) is 5.60. The predicted molar refractivity (Wildman–Crippen MR) is 69.8 cm³/mol. The van der Waals surface area contributed by atoms with Crippen molar-refractivity contribution < 1.29 is 9.53 Å². The molecule has 0 saturated heterocycles. The lowest BCUT2D eigenvalue weighted by molar-refractivity contribution is 0.255. The Bertz CT molecular complexity index is 428. The van der Waals surface area contributed by atoms with Gasteiger partial charge in [-0.15, -0.1) is 0 Å². The minimum Gasteiger partial charge on any atom is -0.496 e. The van der Waals surface area contributed by atoms with Crippen LogP contribution < -0.4 is 15.4 Å². The van der Waals surface area contributed by atoms with Gasteiger partial charge in [0.2, 0.25) is 0 Å². The fourth-order valence-corrected chi connectivity index (χ4v) is 1.79. The maximum absolute atomic E-state index is 11.2. The van der Waals surface area contributed by atoms with Crippen LogP contribution in [0.2, 0.25) is 0 Å². The normalized spacial score (nSPS) is 10.5. The van der Waals surface area contributed by atoms with Gasteiger partial charge in [0.25, 0.3) is 0 Å². The summed E-state index contributed by atoms with van der Waals surface area (Å²) in [7, 11) is 3.32. The van der Waals surface area contributed by atoms with Gasteiger partial charge in [0, 0.05) is 12.7 Å². The van der Waals surface area contributed by atoms with Crippen molar-refractivity contribution in [2.24, 2.45) is 5.73 Å². The van der Waals surface area contributed by atoms with Gasteiger partial charge in [-0.05, 0) is 36.1 Å². The molecule has 0 unspecified atom stereocenters. The number of hydrogen-bond acceptors (Lipinski definition) is 2. The van der Waals surface area contributed by atoms with E-state index in [1.807, 2.05) is 19.1 Å². The SMILES string of the molecule is COc1cc(C)c(N(C)C(N)=O)cc1C(C)C. The number of primary amides is 1. The second-order valence-electron chi connectivity index (χ2n) is 4.43. The van der Waals surface area contributed by atoms with Gasteiger partial charge >= 0.3 is 6.03 Å². The fraction of sp³-hybridized carbons (Fsp3) is 0.462. The molecule has 4 heteroatoms. The van der Waals surface area contributed by atoms with E-state index in [-0.39, 0.29) is 0 Å². The number of amides is 2. The van der Waals surface area contributed by atoms with Gasteiger partial charge in [-0.3, -0.25) is 4.90 Å². The lowest BCUT2D eigenvalue weighted by atomic mass is 9.99. The summed E-state index contributed by atoms with van der Waals surface area (Å²) in [5.41, 5.74) is 8.15. The van der Waals surface area contributed by atoms with E-state index in [4.69, 9.17) is 10.5 Å². The van der Waals surface area contributed by atoms with E-state index in [1.165, 1.54) is 4.90 Å². The van der Waals surface area contributed by atoms with Crippen LogP contribution in [0.15, 0.2) is 12.1 Å². The van der Waals surface area contributed by atoms with Crippen LogP contribution in [-0.2, 0) is 0 Å². The largest absolute Gasteiger partial charge is 0.496 e. The predicted octanol–water partition coefficient (Wildman–Crippen LogP) is 2.64. The van der Waals surface area contributed by atoms with Gasteiger partial charge in [0.1, 0.15) is 5.75 Å². The van der Waals surface area contributed by atoms with Crippen molar-refractivity contribution in [2.75, 3.05) is 19.1 Å². The first-order valence-electron chi connectivity index (χ1n) is 5.60. The van der Waals surface area contributed by atoms with Gasteiger partial charge < -0.3 is 10.5 Å². The topological polar surface area (TPSA) is 55.6 Å². The van der Waals surface area contributed by atoms with Gasteiger partial charge in [-0.2, -0.15) is 0 Å². The molecule has 94 valence electrons. The lowest BCUT2D eigenvalue weighted by Gasteiger charge is -2.21. The summed E-state index contributed by atoms with van der Waals surface area (Å²) >= 11 is 0. The molecule has 0 atom stereocenters. The molecule has 0 heterocycles. The van der Waals surface area contributed by atoms with Crippen molar-refractivity contribution in [3.8, 4) is 5.75 Å². The second-order valence-corrected chi connectivity index (χ2v) is 4.43. The zero-order valence-electron chi connectivity index (χ0n) is 11.1. The third-order valence-corrected chi connectivity index (χ3v) is 2.86. The smallest absolute Gasteiger partial charge is 0.319 e. The Kier molecular flexibility index (Phi) is 3.99. The molecule has 2 amide bonds. The quantitative estimate of drug-likeness (QED) is 0.877. The van der Waals surface area contributed by atoms with Crippen LogP contribution in [0.4, 0.5) is 10.5 Å². The van der Waals surface area contributed by atoms with E-state index in [0.29, 0.717) is 5.92 Å². The molecule has 4 nitrogen and oxygen atoms in total. The lowest BCUT2D eigenvalue weighted by Crippen LogP contribution is -2.32. The van der Waals surface area contributed by atoms with Crippen LogP contribution in [0.1, 0.15) is 30.9 Å². The highest BCUT2D eigenvalue weighted by Gasteiger charge is 2.15. The molecule has 0 aliphatic rings. The molecule has 0 bridgehead atoms. The standard InChI is InChI=1S/C13H20N2O2/c1-8(2)10-7-11(15(4)13(14)16)9(3)6-12(10)17-5/h6-8H,1-5H3,(H2,14,16). The average molecular weight is 236 g/mol. The first-order chi connectivity index (χ1) is 7.88. The van der Waals surface area contributed by atoms with Crippen molar-refractivity contribution in [2.45, 2.75) is 26.7 Å². The molecule has 0 aromatic heterocycles. The summed E-state index contributed by atoms with van der Waals surface area (Å²) in [6.45, 7) is 6.10. The maximum atomic E-state index is 11.2. The molecular weight excluding hydrogens is 216 g/mol. The molecule has 0 fully saturated rings. The molecule has 0 spiro atoms. The number of carbonyl (C=O) groups excluding carboxylic acids is 1. The third kappa shape index (κ3) is 2.70.